The van der Waals surface area contributed by atoms with Crippen molar-refractivity contribution in [2.24, 2.45) is 5.10 Å². The molecule has 0 atom stereocenters. The molecule has 39 heavy (non-hydrogen) atoms. The van der Waals surface area contributed by atoms with E-state index in [1.54, 1.807) is 24.3 Å². The number of carbonyl (C=O) groups excluding carboxylic acids is 1. The van der Waals surface area contributed by atoms with Crippen LogP contribution in [0, 0.1) is 15.9 Å². The summed E-state index contributed by atoms with van der Waals surface area (Å²) in [5, 5.41) is 18.7. The maximum atomic E-state index is 13.7. The predicted octanol–water partition coefficient (Wildman–Crippen LogP) is 5.45. The van der Waals surface area contributed by atoms with E-state index in [2.05, 4.69) is 31.3 Å². The number of carbonyl (C=O) groups is 1. The van der Waals surface area contributed by atoms with Gasteiger partial charge < -0.3 is 10.1 Å². The predicted molar refractivity (Wildman–Crippen MR) is 149 cm³/mol. The Morgan fingerprint density at radius 2 is 2.03 bits per heavy atom. The molecule has 0 saturated carbocycles. The van der Waals surface area contributed by atoms with Gasteiger partial charge in [-0.2, -0.15) is 9.78 Å². The fourth-order valence-corrected chi connectivity index (χ4v) is 4.07. The molecule has 4 aromatic rings. The van der Waals surface area contributed by atoms with E-state index in [-0.39, 0.29) is 17.0 Å². The van der Waals surface area contributed by atoms with Crippen LogP contribution in [0.5, 0.6) is 5.75 Å². The summed E-state index contributed by atoms with van der Waals surface area (Å²) in [5.74, 6) is -0.983. The lowest BCUT2D eigenvalue weighted by atomic mass is 10.2. The van der Waals surface area contributed by atoms with Gasteiger partial charge >= 0.3 is 5.69 Å². The number of aromatic nitrogens is 2. The van der Waals surface area contributed by atoms with Crippen LogP contribution in [-0.2, 0) is 11.2 Å². The molecule has 4 rings (SSSR count). The molecule has 1 aromatic heterocycles. The number of nitro benzene ring substituents is 1. The first-order chi connectivity index (χ1) is 18.8. The summed E-state index contributed by atoms with van der Waals surface area (Å²) < 4.78 is 21.0. The summed E-state index contributed by atoms with van der Waals surface area (Å²) >= 11 is 3.36. The van der Waals surface area contributed by atoms with Crippen molar-refractivity contribution in [2.45, 2.75) is 26.2 Å². The van der Waals surface area contributed by atoms with Gasteiger partial charge in [-0.1, -0.05) is 41.4 Å². The number of para-hydroxylation sites is 1. The molecule has 3 aromatic carbocycles. The van der Waals surface area contributed by atoms with Crippen molar-refractivity contribution in [1.82, 2.24) is 9.66 Å². The van der Waals surface area contributed by atoms with Crippen LogP contribution in [0.3, 0.4) is 0 Å². The first-order valence-corrected chi connectivity index (χ1v) is 12.8. The number of fused-ring (bicyclic) bond motifs is 1. The van der Waals surface area contributed by atoms with Gasteiger partial charge in [-0.3, -0.25) is 19.7 Å². The van der Waals surface area contributed by atoms with Crippen LogP contribution in [0.2, 0.25) is 0 Å². The number of halogens is 2. The van der Waals surface area contributed by atoms with Gasteiger partial charge in [-0.05, 0) is 48.9 Å². The standard InChI is InChI=1S/C27H23BrFN5O5/c1-2-3-8-25-31-21-11-10-18(28)14-19(21)27(36)33(25)30-15-17-9-12-24(23(13-17)34(37)38)39-16-26(35)32-22-7-5-4-6-20(22)29/h4-7,9-15H,2-3,8,16H2,1H3,(H,32,35). The lowest BCUT2D eigenvalue weighted by Crippen LogP contribution is -2.22. The topological polar surface area (TPSA) is 129 Å². The summed E-state index contributed by atoms with van der Waals surface area (Å²) in [4.78, 5) is 41.0. The molecule has 0 unspecified atom stereocenters. The second-order valence-corrected chi connectivity index (χ2v) is 9.37. The number of rotatable bonds is 10. The SMILES string of the molecule is CCCCc1nc2ccc(Br)cc2c(=O)n1N=Cc1ccc(OCC(=O)Nc2ccccc2F)c([N+](=O)[O-])c1. The van der Waals surface area contributed by atoms with Crippen molar-refractivity contribution in [3.05, 3.63) is 103 Å². The van der Waals surface area contributed by atoms with Crippen LogP contribution in [0.15, 0.2) is 75.0 Å². The fraction of sp³-hybridized carbons (Fsp3) is 0.185. The molecule has 1 heterocycles. The lowest BCUT2D eigenvalue weighted by molar-refractivity contribution is -0.385. The number of hydrogen-bond donors (Lipinski definition) is 1. The number of nitro groups is 1. The molecule has 0 aliphatic carbocycles. The van der Waals surface area contributed by atoms with E-state index in [0.29, 0.717) is 28.7 Å². The molecule has 10 nitrogen and oxygen atoms in total. The Bertz CT molecular complexity index is 1640. The third-order valence-electron chi connectivity index (χ3n) is 5.64. The first-order valence-electron chi connectivity index (χ1n) is 12.0. The number of ether oxygens (including phenoxy) is 1. The maximum absolute atomic E-state index is 13.7. The van der Waals surface area contributed by atoms with Gasteiger partial charge in [0.2, 0.25) is 0 Å². The highest BCUT2D eigenvalue weighted by Crippen LogP contribution is 2.28. The Morgan fingerprint density at radius 3 is 2.77 bits per heavy atom. The molecule has 1 amide bonds. The highest BCUT2D eigenvalue weighted by Gasteiger charge is 2.18. The molecule has 1 N–H and O–H groups in total. The van der Waals surface area contributed by atoms with Crippen LogP contribution in [0.4, 0.5) is 15.8 Å². The van der Waals surface area contributed by atoms with Gasteiger partial charge in [0, 0.05) is 22.5 Å². The van der Waals surface area contributed by atoms with Gasteiger partial charge in [-0.25, -0.2) is 9.37 Å². The average molecular weight is 596 g/mol. The third-order valence-corrected chi connectivity index (χ3v) is 6.13. The van der Waals surface area contributed by atoms with Crippen molar-refractivity contribution in [3.8, 4) is 5.75 Å². The highest BCUT2D eigenvalue weighted by molar-refractivity contribution is 9.10. The number of aryl methyl sites for hydroxylation is 1. The van der Waals surface area contributed by atoms with Gasteiger partial charge in [0.1, 0.15) is 11.6 Å². The largest absolute Gasteiger partial charge is 0.477 e. The van der Waals surface area contributed by atoms with E-state index in [9.17, 15) is 24.1 Å². The molecular formula is C27H23BrFN5O5. The van der Waals surface area contributed by atoms with E-state index in [4.69, 9.17) is 4.74 Å². The van der Waals surface area contributed by atoms with Gasteiger partial charge in [-0.15, -0.1) is 0 Å². The number of hydrogen-bond acceptors (Lipinski definition) is 7. The molecule has 0 saturated heterocycles. The minimum Gasteiger partial charge on any atom is -0.477 e. The van der Waals surface area contributed by atoms with Crippen molar-refractivity contribution in [2.75, 3.05) is 11.9 Å². The number of nitrogens with zero attached hydrogens (tertiary/aromatic N) is 4. The van der Waals surface area contributed by atoms with E-state index in [1.165, 1.54) is 47.3 Å². The van der Waals surface area contributed by atoms with Crippen LogP contribution >= 0.6 is 15.9 Å². The second-order valence-electron chi connectivity index (χ2n) is 8.46. The molecule has 200 valence electrons. The summed E-state index contributed by atoms with van der Waals surface area (Å²) in [6.07, 6.45) is 3.54. The zero-order valence-electron chi connectivity index (χ0n) is 20.8. The summed E-state index contributed by atoms with van der Waals surface area (Å²) in [6.45, 7) is 1.45. The van der Waals surface area contributed by atoms with Crippen molar-refractivity contribution < 1.29 is 18.8 Å². The summed E-state index contributed by atoms with van der Waals surface area (Å²) in [6, 6.07) is 14.9. The summed E-state index contributed by atoms with van der Waals surface area (Å²) in [7, 11) is 0. The quantitative estimate of drug-likeness (QED) is 0.147. The molecule has 0 fully saturated rings. The number of benzene rings is 3. The van der Waals surface area contributed by atoms with E-state index in [1.807, 2.05) is 6.92 Å². The van der Waals surface area contributed by atoms with E-state index >= 15 is 0 Å². The molecule has 0 bridgehead atoms. The van der Waals surface area contributed by atoms with Gasteiger partial charge in [0.25, 0.3) is 11.5 Å². The Morgan fingerprint density at radius 1 is 1.23 bits per heavy atom. The minimum atomic E-state index is -0.686. The van der Waals surface area contributed by atoms with Crippen LogP contribution < -0.4 is 15.6 Å². The fourth-order valence-electron chi connectivity index (χ4n) is 3.71. The molecule has 0 spiro atoms. The smallest absolute Gasteiger partial charge is 0.311 e. The van der Waals surface area contributed by atoms with Crippen molar-refractivity contribution in [3.63, 3.8) is 0 Å². The minimum absolute atomic E-state index is 0.0313. The Labute approximate surface area is 230 Å². The second kappa shape index (κ2) is 12.4. The molecule has 0 aliphatic rings. The van der Waals surface area contributed by atoms with Crippen molar-refractivity contribution >= 4 is 50.3 Å². The zero-order chi connectivity index (χ0) is 27.9. The average Bonchev–Trinajstić information content (AvgIpc) is 2.92. The monoisotopic (exact) mass is 595 g/mol. The number of unbranched alkanes of at least 4 members (excludes halogenated alkanes) is 1. The maximum Gasteiger partial charge on any atom is 0.311 e. The zero-order valence-corrected chi connectivity index (χ0v) is 22.4. The number of anilines is 1. The normalized spacial score (nSPS) is 11.2. The van der Waals surface area contributed by atoms with Crippen molar-refractivity contribution in [1.29, 1.82) is 0 Å². The van der Waals surface area contributed by atoms with E-state index in [0.717, 1.165) is 17.3 Å². The Hall–Kier alpha value is -4.45. The van der Waals surface area contributed by atoms with Crippen LogP contribution in [0.25, 0.3) is 10.9 Å². The molecule has 12 heteroatoms. The molecule has 0 radical (unpaired) electrons. The van der Waals surface area contributed by atoms with Gasteiger partial charge in [0.15, 0.2) is 12.4 Å². The highest BCUT2D eigenvalue weighted by atomic mass is 79.9. The van der Waals surface area contributed by atoms with Crippen LogP contribution in [-0.4, -0.2) is 33.3 Å². The van der Waals surface area contributed by atoms with E-state index < -0.39 is 28.9 Å². The summed E-state index contributed by atoms with van der Waals surface area (Å²) in [5.41, 5.74) is 0.0800. The Kier molecular flexibility index (Phi) is 8.77. The van der Waals surface area contributed by atoms with Gasteiger partial charge in [0.05, 0.1) is 27.7 Å². The number of amides is 1. The first kappa shape index (κ1) is 27.6. The molecule has 0 aliphatic heterocycles. The lowest BCUT2D eigenvalue weighted by Gasteiger charge is -2.10. The Balaban J connectivity index is 1.58. The third kappa shape index (κ3) is 6.71. The molecular weight excluding hydrogens is 573 g/mol. The van der Waals surface area contributed by atoms with Crippen LogP contribution in [0.1, 0.15) is 31.2 Å². The number of nitrogens with one attached hydrogen (secondary N) is 1.